The molecule has 0 aliphatic rings. The van der Waals surface area contributed by atoms with Gasteiger partial charge in [-0.15, -0.1) is 0 Å². The smallest absolute Gasteiger partial charge is 0.287 e. The summed E-state index contributed by atoms with van der Waals surface area (Å²) < 4.78 is 2.57. The Kier molecular flexibility index (Phi) is 4.75. The number of hydrogen-bond acceptors (Lipinski definition) is 4. The summed E-state index contributed by atoms with van der Waals surface area (Å²) in [6.45, 7) is 0. The van der Waals surface area contributed by atoms with Crippen molar-refractivity contribution in [1.82, 2.24) is 15.0 Å². The number of nitrogens with zero attached hydrogens (tertiary/aromatic N) is 3. The van der Waals surface area contributed by atoms with Gasteiger partial charge in [0, 0.05) is 34.7 Å². The number of nitro benzene ring substituents is 1. The van der Waals surface area contributed by atoms with Crippen molar-refractivity contribution in [2.24, 2.45) is 5.10 Å². The van der Waals surface area contributed by atoms with Crippen LogP contribution in [0.15, 0.2) is 64.4 Å². The molecule has 9 heteroatoms. The first-order chi connectivity index (χ1) is 12.0. The monoisotopic (exact) mass is 401 g/mol. The van der Waals surface area contributed by atoms with Crippen molar-refractivity contribution in [2.75, 3.05) is 0 Å². The van der Waals surface area contributed by atoms with Gasteiger partial charge in [-0.25, -0.2) is 5.43 Å². The molecule has 2 heterocycles. The Morgan fingerprint density at radius 3 is 2.72 bits per heavy atom. The summed E-state index contributed by atoms with van der Waals surface area (Å²) in [6.07, 6.45) is 4.95. The van der Waals surface area contributed by atoms with E-state index in [-0.39, 0.29) is 11.6 Å². The van der Waals surface area contributed by atoms with Crippen molar-refractivity contribution >= 4 is 33.7 Å². The van der Waals surface area contributed by atoms with Crippen molar-refractivity contribution in [2.45, 2.75) is 0 Å². The second-order valence-corrected chi connectivity index (χ2v) is 5.92. The number of carbonyl (C=O) groups is 1. The van der Waals surface area contributed by atoms with Crippen molar-refractivity contribution in [1.29, 1.82) is 0 Å². The van der Waals surface area contributed by atoms with Crippen LogP contribution in [0.2, 0.25) is 0 Å². The maximum absolute atomic E-state index is 11.9. The molecule has 0 aliphatic carbocycles. The van der Waals surface area contributed by atoms with E-state index in [4.69, 9.17) is 0 Å². The summed E-state index contributed by atoms with van der Waals surface area (Å²) in [5.41, 5.74) is 4.29. The Balaban J connectivity index is 1.73. The van der Waals surface area contributed by atoms with Crippen LogP contribution in [0.1, 0.15) is 16.2 Å². The van der Waals surface area contributed by atoms with Gasteiger partial charge < -0.3 is 9.55 Å². The third-order valence-electron chi connectivity index (χ3n) is 3.37. The molecule has 1 aromatic carbocycles. The lowest BCUT2D eigenvalue weighted by Gasteiger charge is -2.05. The second kappa shape index (κ2) is 7.14. The summed E-state index contributed by atoms with van der Waals surface area (Å²) >= 11 is 3.25. The molecule has 2 N–H and O–H groups in total. The first-order valence-corrected chi connectivity index (χ1v) is 7.93. The molecule has 2 aromatic heterocycles. The Morgan fingerprint density at radius 1 is 1.32 bits per heavy atom. The number of hydrazone groups is 1. The average Bonchev–Trinajstić information content (AvgIpc) is 3.24. The van der Waals surface area contributed by atoms with E-state index in [0.717, 1.165) is 10.2 Å². The van der Waals surface area contributed by atoms with E-state index in [1.54, 1.807) is 35.2 Å². The minimum atomic E-state index is -0.448. The number of non-ortho nitro benzene ring substituents is 1. The molecule has 0 saturated carbocycles. The van der Waals surface area contributed by atoms with Gasteiger partial charge in [-0.3, -0.25) is 14.9 Å². The summed E-state index contributed by atoms with van der Waals surface area (Å²) in [6, 6.07) is 11.4. The second-order valence-electron chi connectivity index (χ2n) is 5.01. The largest absolute Gasteiger partial charge is 0.356 e. The molecule has 3 aromatic rings. The summed E-state index contributed by atoms with van der Waals surface area (Å²) in [5.74, 6) is -0.365. The molecule has 0 fully saturated rings. The van der Waals surface area contributed by atoms with Crippen LogP contribution in [0.4, 0.5) is 5.69 Å². The number of amides is 1. The van der Waals surface area contributed by atoms with E-state index in [9.17, 15) is 14.9 Å². The zero-order valence-corrected chi connectivity index (χ0v) is 14.3. The fourth-order valence-electron chi connectivity index (χ4n) is 2.19. The van der Waals surface area contributed by atoms with Crippen LogP contribution in [0.3, 0.4) is 0 Å². The molecule has 0 saturated heterocycles. The fraction of sp³-hybridized carbons (Fsp3) is 0. The molecule has 0 atom stereocenters. The zero-order valence-electron chi connectivity index (χ0n) is 12.7. The molecule has 0 radical (unpaired) electrons. The summed E-state index contributed by atoms with van der Waals surface area (Å²) in [7, 11) is 0. The Hall–Kier alpha value is -3.20. The standard InChI is InChI=1S/C16H12BrN5O3/c17-11-8-15(18-9-11)16(23)20-19-10-14-2-1-7-21(14)12-3-5-13(6-4-12)22(24)25/h1-10,18H,(H,20,23)/b19-10-. The molecule has 0 aliphatic heterocycles. The number of aromatic nitrogens is 2. The van der Waals surface area contributed by atoms with Crippen molar-refractivity contribution in [3.63, 3.8) is 0 Å². The lowest BCUT2D eigenvalue weighted by Crippen LogP contribution is -2.18. The Labute approximate surface area is 150 Å². The molecular weight excluding hydrogens is 390 g/mol. The van der Waals surface area contributed by atoms with Crippen LogP contribution in [-0.2, 0) is 0 Å². The third kappa shape index (κ3) is 3.83. The van der Waals surface area contributed by atoms with Gasteiger partial charge in [-0.2, -0.15) is 5.10 Å². The minimum Gasteiger partial charge on any atom is -0.356 e. The number of rotatable bonds is 5. The quantitative estimate of drug-likeness (QED) is 0.389. The molecule has 3 rings (SSSR count). The van der Waals surface area contributed by atoms with Gasteiger partial charge in [0.05, 0.1) is 16.8 Å². The normalized spacial score (nSPS) is 10.9. The number of nitro groups is 1. The lowest BCUT2D eigenvalue weighted by atomic mass is 10.3. The summed E-state index contributed by atoms with van der Waals surface area (Å²) in [5, 5.41) is 14.7. The molecule has 0 spiro atoms. The lowest BCUT2D eigenvalue weighted by molar-refractivity contribution is -0.384. The predicted octanol–water partition coefficient (Wildman–Crippen LogP) is 3.24. The highest BCUT2D eigenvalue weighted by molar-refractivity contribution is 9.10. The molecule has 1 amide bonds. The van der Waals surface area contributed by atoms with Crippen LogP contribution < -0.4 is 5.43 Å². The minimum absolute atomic E-state index is 0.0236. The van der Waals surface area contributed by atoms with Crippen molar-refractivity contribution in [3.8, 4) is 5.69 Å². The molecule has 0 bridgehead atoms. The van der Waals surface area contributed by atoms with E-state index < -0.39 is 4.92 Å². The molecular formula is C16H12BrN5O3. The topological polar surface area (TPSA) is 105 Å². The first-order valence-electron chi connectivity index (χ1n) is 7.14. The van der Waals surface area contributed by atoms with Crippen molar-refractivity contribution < 1.29 is 9.72 Å². The maximum Gasteiger partial charge on any atom is 0.287 e. The van der Waals surface area contributed by atoms with Gasteiger partial charge in [0.15, 0.2) is 0 Å². The SMILES string of the molecule is O=C(N/N=C\c1cccn1-c1ccc([N+](=O)[O-])cc1)c1cc(Br)c[nH]1. The zero-order chi connectivity index (χ0) is 17.8. The number of hydrogen-bond donors (Lipinski definition) is 2. The predicted molar refractivity (Wildman–Crippen MR) is 96.0 cm³/mol. The molecule has 0 unspecified atom stereocenters. The van der Waals surface area contributed by atoms with E-state index in [1.165, 1.54) is 18.3 Å². The molecule has 126 valence electrons. The van der Waals surface area contributed by atoms with E-state index in [0.29, 0.717) is 11.4 Å². The van der Waals surface area contributed by atoms with E-state index in [1.807, 2.05) is 12.1 Å². The van der Waals surface area contributed by atoms with Crippen LogP contribution >= 0.6 is 15.9 Å². The van der Waals surface area contributed by atoms with E-state index in [2.05, 4.69) is 31.4 Å². The van der Waals surface area contributed by atoms with Crippen molar-refractivity contribution in [3.05, 3.63) is 80.8 Å². The van der Waals surface area contributed by atoms with Crippen LogP contribution in [0, 0.1) is 10.1 Å². The first kappa shape index (κ1) is 16.7. The number of halogens is 1. The van der Waals surface area contributed by atoms with E-state index >= 15 is 0 Å². The van der Waals surface area contributed by atoms with Crippen LogP contribution in [-0.4, -0.2) is 26.6 Å². The highest BCUT2D eigenvalue weighted by Crippen LogP contribution is 2.17. The highest BCUT2D eigenvalue weighted by atomic mass is 79.9. The van der Waals surface area contributed by atoms with Gasteiger partial charge in [0.1, 0.15) is 5.69 Å². The van der Waals surface area contributed by atoms with Gasteiger partial charge >= 0.3 is 0 Å². The fourth-order valence-corrected chi connectivity index (χ4v) is 2.53. The average molecular weight is 402 g/mol. The van der Waals surface area contributed by atoms with Gasteiger partial charge in [0.25, 0.3) is 11.6 Å². The third-order valence-corrected chi connectivity index (χ3v) is 3.83. The molecule has 25 heavy (non-hydrogen) atoms. The molecule has 8 nitrogen and oxygen atoms in total. The number of aromatic amines is 1. The van der Waals surface area contributed by atoms with Crippen LogP contribution in [0.5, 0.6) is 0 Å². The van der Waals surface area contributed by atoms with Gasteiger partial charge in [-0.1, -0.05) is 0 Å². The van der Waals surface area contributed by atoms with Crippen LogP contribution in [0.25, 0.3) is 5.69 Å². The van der Waals surface area contributed by atoms with Gasteiger partial charge in [0.2, 0.25) is 0 Å². The number of H-pyrrole nitrogens is 1. The Morgan fingerprint density at radius 2 is 2.08 bits per heavy atom. The van der Waals surface area contributed by atoms with Gasteiger partial charge in [-0.05, 0) is 46.3 Å². The summed E-state index contributed by atoms with van der Waals surface area (Å²) in [4.78, 5) is 25.0. The Bertz CT molecular complexity index is 943. The highest BCUT2D eigenvalue weighted by Gasteiger charge is 2.08. The maximum atomic E-state index is 11.9. The number of benzene rings is 1. The number of nitrogens with one attached hydrogen (secondary N) is 2. The number of carbonyl (C=O) groups excluding carboxylic acids is 1.